The first-order valence-corrected chi connectivity index (χ1v) is 4.40. The molecule has 14 heavy (non-hydrogen) atoms. The SMILES string of the molecule is C[N+](C)(CCCNC(N)=O)CC(=O)O. The van der Waals surface area contributed by atoms with Gasteiger partial charge in [0.15, 0.2) is 6.54 Å². The van der Waals surface area contributed by atoms with E-state index in [1.807, 2.05) is 14.1 Å². The fourth-order valence-corrected chi connectivity index (χ4v) is 1.16. The smallest absolute Gasteiger partial charge is 0.359 e. The molecule has 0 aliphatic rings. The van der Waals surface area contributed by atoms with E-state index in [9.17, 15) is 9.59 Å². The van der Waals surface area contributed by atoms with Crippen molar-refractivity contribution in [2.45, 2.75) is 6.42 Å². The molecule has 6 nitrogen and oxygen atoms in total. The fourth-order valence-electron chi connectivity index (χ4n) is 1.16. The Balaban J connectivity index is 3.65. The second kappa shape index (κ2) is 5.43. The summed E-state index contributed by atoms with van der Waals surface area (Å²) in [5.74, 6) is -0.821. The third kappa shape index (κ3) is 7.35. The van der Waals surface area contributed by atoms with Crippen LogP contribution in [0.4, 0.5) is 4.79 Å². The Bertz CT molecular complexity index is 216. The van der Waals surface area contributed by atoms with E-state index in [1.165, 1.54) is 0 Å². The molecule has 0 aromatic heterocycles. The highest BCUT2D eigenvalue weighted by Crippen LogP contribution is 1.97. The van der Waals surface area contributed by atoms with E-state index in [1.54, 1.807) is 0 Å². The number of nitrogens with zero attached hydrogens (tertiary/aromatic N) is 1. The second-order valence-corrected chi connectivity index (χ2v) is 3.86. The van der Waals surface area contributed by atoms with Crippen LogP contribution in [0.1, 0.15) is 6.42 Å². The van der Waals surface area contributed by atoms with Crippen molar-refractivity contribution in [3.8, 4) is 0 Å². The van der Waals surface area contributed by atoms with Gasteiger partial charge in [-0.2, -0.15) is 0 Å². The van der Waals surface area contributed by atoms with Crippen LogP contribution in [-0.4, -0.2) is 55.3 Å². The lowest BCUT2D eigenvalue weighted by Gasteiger charge is -2.27. The number of carbonyl (C=O) groups excluding carboxylic acids is 1. The number of carbonyl (C=O) groups is 2. The zero-order chi connectivity index (χ0) is 11.2. The molecule has 82 valence electrons. The maximum absolute atomic E-state index is 10.5. The van der Waals surface area contributed by atoms with Gasteiger partial charge in [0, 0.05) is 13.0 Å². The lowest BCUT2D eigenvalue weighted by Crippen LogP contribution is -2.45. The van der Waals surface area contributed by atoms with Crippen LogP contribution < -0.4 is 11.1 Å². The van der Waals surface area contributed by atoms with Crippen molar-refractivity contribution in [3.63, 3.8) is 0 Å². The van der Waals surface area contributed by atoms with Gasteiger partial charge in [-0.15, -0.1) is 0 Å². The first kappa shape index (κ1) is 12.7. The molecule has 0 bridgehead atoms. The third-order valence-electron chi connectivity index (χ3n) is 1.80. The number of rotatable bonds is 6. The van der Waals surface area contributed by atoms with Gasteiger partial charge in [-0.25, -0.2) is 9.59 Å². The Morgan fingerprint density at radius 1 is 1.43 bits per heavy atom. The Morgan fingerprint density at radius 3 is 2.43 bits per heavy atom. The minimum atomic E-state index is -0.821. The van der Waals surface area contributed by atoms with E-state index in [0.29, 0.717) is 24.0 Å². The second-order valence-electron chi connectivity index (χ2n) is 3.86. The van der Waals surface area contributed by atoms with E-state index in [0.717, 1.165) is 0 Å². The largest absolute Gasteiger partial charge is 0.477 e. The van der Waals surface area contributed by atoms with Crippen molar-refractivity contribution in [1.29, 1.82) is 0 Å². The summed E-state index contributed by atoms with van der Waals surface area (Å²) in [5.41, 5.74) is 4.87. The summed E-state index contributed by atoms with van der Waals surface area (Å²) < 4.78 is 0.399. The number of nitrogens with one attached hydrogen (secondary N) is 1. The van der Waals surface area contributed by atoms with Gasteiger partial charge in [-0.05, 0) is 0 Å². The van der Waals surface area contributed by atoms with Crippen LogP contribution in [0.2, 0.25) is 0 Å². The number of quaternary nitrogens is 1. The number of carboxylic acid groups (broad SMARTS) is 1. The number of primary amides is 1. The van der Waals surface area contributed by atoms with Gasteiger partial charge in [0.1, 0.15) is 0 Å². The number of aliphatic carboxylic acids is 1. The van der Waals surface area contributed by atoms with Crippen molar-refractivity contribution in [2.75, 3.05) is 33.7 Å². The average molecular weight is 204 g/mol. The van der Waals surface area contributed by atoms with E-state index in [2.05, 4.69) is 5.32 Å². The molecule has 0 fully saturated rings. The topological polar surface area (TPSA) is 92.4 Å². The van der Waals surface area contributed by atoms with Gasteiger partial charge in [0.05, 0.1) is 20.6 Å². The van der Waals surface area contributed by atoms with Gasteiger partial charge in [0.25, 0.3) is 0 Å². The summed E-state index contributed by atoms with van der Waals surface area (Å²) in [4.78, 5) is 20.8. The van der Waals surface area contributed by atoms with E-state index in [-0.39, 0.29) is 6.54 Å². The third-order valence-corrected chi connectivity index (χ3v) is 1.80. The van der Waals surface area contributed by atoms with Crippen molar-refractivity contribution < 1.29 is 19.2 Å². The van der Waals surface area contributed by atoms with Gasteiger partial charge >= 0.3 is 12.0 Å². The number of nitrogens with two attached hydrogens (primary N) is 1. The van der Waals surface area contributed by atoms with Crippen molar-refractivity contribution >= 4 is 12.0 Å². The van der Waals surface area contributed by atoms with Crippen LogP contribution in [0.25, 0.3) is 0 Å². The molecule has 0 saturated heterocycles. The van der Waals surface area contributed by atoms with Gasteiger partial charge in [0.2, 0.25) is 0 Å². The Labute approximate surface area is 83.3 Å². The number of urea groups is 1. The lowest BCUT2D eigenvalue weighted by atomic mass is 10.3. The molecule has 0 unspecified atom stereocenters. The minimum absolute atomic E-state index is 0.0799. The van der Waals surface area contributed by atoms with E-state index >= 15 is 0 Å². The number of hydrogen-bond acceptors (Lipinski definition) is 2. The molecule has 0 aromatic carbocycles. The maximum atomic E-state index is 10.5. The normalized spacial score (nSPS) is 11.0. The monoisotopic (exact) mass is 204 g/mol. The lowest BCUT2D eigenvalue weighted by molar-refractivity contribution is -0.883. The first-order valence-electron chi connectivity index (χ1n) is 4.40. The average Bonchev–Trinajstić information content (AvgIpc) is 1.95. The fraction of sp³-hybridized carbons (Fsp3) is 0.750. The number of carboxylic acids is 1. The summed E-state index contributed by atoms with van der Waals surface area (Å²) in [6.45, 7) is 1.25. The van der Waals surface area contributed by atoms with Gasteiger partial charge in [-0.3, -0.25) is 0 Å². The van der Waals surface area contributed by atoms with Crippen LogP contribution in [0, 0.1) is 0 Å². The first-order chi connectivity index (χ1) is 6.33. The Morgan fingerprint density at radius 2 is 2.00 bits per heavy atom. The highest BCUT2D eigenvalue weighted by Gasteiger charge is 2.18. The Hall–Kier alpha value is -1.30. The van der Waals surface area contributed by atoms with Crippen LogP contribution >= 0.6 is 0 Å². The molecule has 2 amide bonds. The molecule has 0 rings (SSSR count). The maximum Gasteiger partial charge on any atom is 0.359 e. The molecule has 0 heterocycles. The number of amides is 2. The molecule has 0 spiro atoms. The molecular formula is C8H18N3O3+. The molecule has 0 atom stereocenters. The molecule has 0 saturated carbocycles. The molecule has 0 aromatic rings. The number of likely N-dealkylation sites (N-methyl/N-ethyl adjacent to an activating group) is 1. The zero-order valence-electron chi connectivity index (χ0n) is 8.62. The molecule has 6 heteroatoms. The van der Waals surface area contributed by atoms with Crippen LogP contribution in [-0.2, 0) is 4.79 Å². The van der Waals surface area contributed by atoms with Crippen molar-refractivity contribution in [3.05, 3.63) is 0 Å². The van der Waals surface area contributed by atoms with Crippen LogP contribution in [0.15, 0.2) is 0 Å². The summed E-state index contributed by atoms with van der Waals surface area (Å²) >= 11 is 0. The molecular weight excluding hydrogens is 186 g/mol. The van der Waals surface area contributed by atoms with E-state index in [4.69, 9.17) is 10.8 Å². The Kier molecular flexibility index (Phi) is 4.93. The predicted molar refractivity (Wildman–Crippen MR) is 51.7 cm³/mol. The van der Waals surface area contributed by atoms with Crippen molar-refractivity contribution in [2.24, 2.45) is 5.73 Å². The summed E-state index contributed by atoms with van der Waals surface area (Å²) in [5, 5.41) is 11.0. The van der Waals surface area contributed by atoms with Gasteiger partial charge in [-0.1, -0.05) is 0 Å². The van der Waals surface area contributed by atoms with Crippen LogP contribution in [0.5, 0.6) is 0 Å². The molecule has 4 N–H and O–H groups in total. The van der Waals surface area contributed by atoms with Crippen molar-refractivity contribution in [1.82, 2.24) is 5.32 Å². The van der Waals surface area contributed by atoms with E-state index < -0.39 is 12.0 Å². The minimum Gasteiger partial charge on any atom is -0.477 e. The highest BCUT2D eigenvalue weighted by atomic mass is 16.4. The standard InChI is InChI=1S/C8H17N3O3/c1-11(2,6-7(12)13)5-3-4-10-8(9)14/h3-6H2,1-2H3,(H3-,9,10,12,13,14)/p+1. The summed E-state index contributed by atoms with van der Waals surface area (Å²) in [6, 6.07) is -0.548. The molecule has 0 radical (unpaired) electrons. The van der Waals surface area contributed by atoms with Crippen LogP contribution in [0.3, 0.4) is 0 Å². The zero-order valence-corrected chi connectivity index (χ0v) is 8.62. The predicted octanol–water partition coefficient (Wildman–Crippen LogP) is -0.794. The summed E-state index contributed by atoms with van der Waals surface area (Å²) in [7, 11) is 3.66. The number of hydrogen-bond donors (Lipinski definition) is 3. The van der Waals surface area contributed by atoms with Gasteiger partial charge < -0.3 is 20.6 Å². The quantitative estimate of drug-likeness (QED) is 0.391. The summed E-state index contributed by atoms with van der Waals surface area (Å²) in [6.07, 6.45) is 0.712. The molecule has 0 aliphatic heterocycles. The highest BCUT2D eigenvalue weighted by molar-refractivity contribution is 5.71. The molecule has 0 aliphatic carbocycles.